The van der Waals surface area contributed by atoms with Gasteiger partial charge in [-0.15, -0.1) is 10.2 Å². The van der Waals surface area contributed by atoms with Crippen LogP contribution in [-0.4, -0.2) is 38.9 Å². The number of esters is 1. The first kappa shape index (κ1) is 18.3. The van der Waals surface area contributed by atoms with Gasteiger partial charge in [0.15, 0.2) is 6.61 Å². The van der Waals surface area contributed by atoms with Crippen molar-refractivity contribution in [2.45, 2.75) is 52.7 Å². The number of carbonyl (C=O) groups excluding carboxylic acids is 3. The number of allylic oxidation sites excluding steroid dienone is 2. The minimum absolute atomic E-state index is 0.111. The Balaban J connectivity index is 1.75. The third-order valence-electron chi connectivity index (χ3n) is 4.73. The number of carbonyl (C=O) groups is 3. The molecule has 0 radical (unpaired) electrons. The molecular weight excluding hydrogens is 338 g/mol. The lowest BCUT2D eigenvalue weighted by Crippen LogP contribution is -2.47. The van der Waals surface area contributed by atoms with E-state index < -0.39 is 12.0 Å². The van der Waals surface area contributed by atoms with Gasteiger partial charge in [-0.25, -0.2) is 4.79 Å². The Kier molecular flexibility index (Phi) is 5.20. The van der Waals surface area contributed by atoms with Gasteiger partial charge in [-0.2, -0.15) is 0 Å². The summed E-state index contributed by atoms with van der Waals surface area (Å²) in [6.45, 7) is 5.32. The molecule has 140 valence electrons. The van der Waals surface area contributed by atoms with Gasteiger partial charge in [0.25, 0.3) is 5.89 Å². The number of aryl methyl sites for hydroxylation is 1. The van der Waals surface area contributed by atoms with E-state index in [1.54, 1.807) is 6.92 Å². The van der Waals surface area contributed by atoms with E-state index >= 15 is 0 Å². The average Bonchev–Trinajstić information content (AvgIpc) is 3.13. The summed E-state index contributed by atoms with van der Waals surface area (Å²) < 4.78 is 10.5. The first-order valence-electron chi connectivity index (χ1n) is 8.86. The van der Waals surface area contributed by atoms with Crippen molar-refractivity contribution in [2.75, 3.05) is 0 Å². The first-order chi connectivity index (χ1) is 12.4. The Morgan fingerprint density at radius 3 is 2.35 bits per heavy atom. The molecule has 1 saturated heterocycles. The van der Waals surface area contributed by atoms with Gasteiger partial charge >= 0.3 is 5.97 Å². The van der Waals surface area contributed by atoms with Crippen molar-refractivity contribution in [3.05, 3.63) is 23.9 Å². The van der Waals surface area contributed by atoms with Crippen LogP contribution in [0.15, 0.2) is 16.6 Å². The average molecular weight is 361 g/mol. The largest absolute Gasteiger partial charge is 0.454 e. The fourth-order valence-corrected chi connectivity index (χ4v) is 3.51. The van der Waals surface area contributed by atoms with E-state index in [9.17, 15) is 14.4 Å². The number of nitrogens with zero attached hydrogens (tertiary/aromatic N) is 3. The Labute approximate surface area is 151 Å². The predicted octanol–water partition coefficient (Wildman–Crippen LogP) is 1.79. The van der Waals surface area contributed by atoms with Gasteiger partial charge in [-0.3, -0.25) is 14.5 Å². The van der Waals surface area contributed by atoms with Crippen LogP contribution in [0, 0.1) is 24.7 Å². The lowest BCUT2D eigenvalue weighted by atomic mass is 9.85. The van der Waals surface area contributed by atoms with Gasteiger partial charge in [0.05, 0.1) is 11.8 Å². The SMILES string of the molecule is Cc1nnc(COC(=O)[C@H](CC(C)C)N2C(=O)[C@H]3CC=CC[C@@H]3C2=O)o1. The van der Waals surface area contributed by atoms with E-state index in [0.717, 1.165) is 4.90 Å². The van der Waals surface area contributed by atoms with Gasteiger partial charge in [0.2, 0.25) is 17.7 Å². The van der Waals surface area contributed by atoms with Crippen LogP contribution in [-0.2, 0) is 25.7 Å². The fourth-order valence-electron chi connectivity index (χ4n) is 3.51. The summed E-state index contributed by atoms with van der Waals surface area (Å²) in [5.74, 6) is -1.25. The van der Waals surface area contributed by atoms with Crippen LogP contribution in [0.1, 0.15) is 44.9 Å². The second-order valence-electron chi connectivity index (χ2n) is 7.17. The highest BCUT2D eigenvalue weighted by molar-refractivity contribution is 6.08. The summed E-state index contributed by atoms with van der Waals surface area (Å²) in [7, 11) is 0. The molecule has 3 atom stereocenters. The van der Waals surface area contributed by atoms with E-state index in [1.807, 2.05) is 26.0 Å². The van der Waals surface area contributed by atoms with Crippen molar-refractivity contribution in [3.8, 4) is 0 Å². The van der Waals surface area contributed by atoms with E-state index in [2.05, 4.69) is 10.2 Å². The standard InChI is InChI=1S/C18H23N3O5/c1-10(2)8-14(18(24)25-9-15-20-19-11(3)26-15)21-16(22)12-6-4-5-7-13(12)17(21)23/h4-5,10,12-14H,6-9H2,1-3H3/t12-,13-,14-/m0/s1. The van der Waals surface area contributed by atoms with Crippen molar-refractivity contribution in [2.24, 2.45) is 17.8 Å². The number of rotatable bonds is 6. The topological polar surface area (TPSA) is 103 Å². The van der Waals surface area contributed by atoms with E-state index in [4.69, 9.17) is 9.15 Å². The molecule has 1 aromatic rings. The molecule has 0 bridgehead atoms. The van der Waals surface area contributed by atoms with Gasteiger partial charge in [-0.1, -0.05) is 26.0 Å². The zero-order chi connectivity index (χ0) is 18.8. The predicted molar refractivity (Wildman–Crippen MR) is 89.3 cm³/mol. The molecule has 0 unspecified atom stereocenters. The molecule has 0 spiro atoms. The molecular formula is C18H23N3O5. The first-order valence-corrected chi connectivity index (χ1v) is 8.86. The highest BCUT2D eigenvalue weighted by Gasteiger charge is 2.51. The second kappa shape index (κ2) is 7.39. The molecule has 0 N–H and O–H groups in total. The molecule has 3 rings (SSSR count). The molecule has 1 aromatic heterocycles. The highest BCUT2D eigenvalue weighted by Crippen LogP contribution is 2.37. The van der Waals surface area contributed by atoms with Crippen LogP contribution >= 0.6 is 0 Å². The number of ether oxygens (including phenoxy) is 1. The summed E-state index contributed by atoms with van der Waals surface area (Å²) in [6.07, 6.45) is 5.27. The Hall–Kier alpha value is -2.51. The van der Waals surface area contributed by atoms with E-state index in [1.165, 1.54) is 0 Å². The molecule has 8 heteroatoms. The molecule has 1 aliphatic carbocycles. The third-order valence-corrected chi connectivity index (χ3v) is 4.73. The zero-order valence-corrected chi connectivity index (χ0v) is 15.2. The summed E-state index contributed by atoms with van der Waals surface area (Å²) >= 11 is 0. The summed E-state index contributed by atoms with van der Waals surface area (Å²) in [5, 5.41) is 7.45. The summed E-state index contributed by atoms with van der Waals surface area (Å²) in [5.41, 5.74) is 0. The normalized spacial score (nSPS) is 23.5. The van der Waals surface area contributed by atoms with Crippen molar-refractivity contribution >= 4 is 17.8 Å². The Bertz CT molecular complexity index is 713. The maximum Gasteiger partial charge on any atom is 0.329 e. The van der Waals surface area contributed by atoms with Crippen molar-refractivity contribution in [1.29, 1.82) is 0 Å². The van der Waals surface area contributed by atoms with Gasteiger partial charge in [-0.05, 0) is 25.2 Å². The Morgan fingerprint density at radius 1 is 1.23 bits per heavy atom. The van der Waals surface area contributed by atoms with E-state index in [-0.39, 0.29) is 42.1 Å². The molecule has 0 saturated carbocycles. The van der Waals surface area contributed by atoms with E-state index in [0.29, 0.717) is 25.2 Å². The number of aromatic nitrogens is 2. The number of fused-ring (bicyclic) bond motifs is 1. The summed E-state index contributed by atoms with van der Waals surface area (Å²) in [4.78, 5) is 39.4. The van der Waals surface area contributed by atoms with Gasteiger partial charge in [0.1, 0.15) is 6.04 Å². The Morgan fingerprint density at radius 2 is 1.85 bits per heavy atom. The van der Waals surface area contributed by atoms with Gasteiger partial charge in [0, 0.05) is 6.92 Å². The number of hydrogen-bond donors (Lipinski definition) is 0. The molecule has 8 nitrogen and oxygen atoms in total. The number of amides is 2. The molecule has 26 heavy (non-hydrogen) atoms. The lowest BCUT2D eigenvalue weighted by Gasteiger charge is -2.26. The smallest absolute Gasteiger partial charge is 0.329 e. The summed E-state index contributed by atoms with van der Waals surface area (Å²) in [6, 6.07) is -0.926. The minimum Gasteiger partial charge on any atom is -0.454 e. The molecule has 2 amide bonds. The van der Waals surface area contributed by atoms with Crippen molar-refractivity contribution in [1.82, 2.24) is 15.1 Å². The number of likely N-dealkylation sites (tertiary alicyclic amines) is 1. The maximum absolute atomic E-state index is 12.8. The molecule has 2 heterocycles. The lowest BCUT2D eigenvalue weighted by molar-refractivity contribution is -0.161. The molecule has 2 aliphatic rings. The van der Waals surface area contributed by atoms with Crippen LogP contribution in [0.2, 0.25) is 0 Å². The third kappa shape index (κ3) is 3.54. The monoisotopic (exact) mass is 361 g/mol. The van der Waals surface area contributed by atoms with Crippen LogP contribution in [0.3, 0.4) is 0 Å². The molecule has 1 fully saturated rings. The minimum atomic E-state index is -0.926. The second-order valence-corrected chi connectivity index (χ2v) is 7.17. The van der Waals surface area contributed by atoms with Crippen molar-refractivity contribution < 1.29 is 23.5 Å². The quantitative estimate of drug-likeness (QED) is 0.432. The van der Waals surface area contributed by atoms with Crippen LogP contribution in [0.4, 0.5) is 0 Å². The zero-order valence-electron chi connectivity index (χ0n) is 15.2. The fraction of sp³-hybridized carbons (Fsp3) is 0.611. The highest BCUT2D eigenvalue weighted by atomic mass is 16.5. The van der Waals surface area contributed by atoms with Crippen molar-refractivity contribution in [3.63, 3.8) is 0 Å². The molecule has 1 aliphatic heterocycles. The number of hydrogen-bond acceptors (Lipinski definition) is 7. The van der Waals surface area contributed by atoms with Crippen LogP contribution in [0.5, 0.6) is 0 Å². The number of imide groups is 1. The van der Waals surface area contributed by atoms with Crippen LogP contribution < -0.4 is 0 Å². The maximum atomic E-state index is 12.8. The van der Waals surface area contributed by atoms with Gasteiger partial charge < -0.3 is 9.15 Å². The van der Waals surface area contributed by atoms with Crippen LogP contribution in [0.25, 0.3) is 0 Å². The molecule has 0 aromatic carbocycles.